The topological polar surface area (TPSA) is 57.9 Å². The fourth-order valence-corrected chi connectivity index (χ4v) is 2.21. The summed E-state index contributed by atoms with van der Waals surface area (Å²) in [5, 5.41) is 0. The summed E-state index contributed by atoms with van der Waals surface area (Å²) in [6.07, 6.45) is 2.72. The highest BCUT2D eigenvalue weighted by atomic mass is 32.2. The molecule has 0 spiro atoms. The van der Waals surface area contributed by atoms with Crippen LogP contribution in [0.15, 0.2) is 35.3 Å². The number of benzene rings is 1. The first kappa shape index (κ1) is 12.8. The molecule has 0 saturated carbocycles. The lowest BCUT2D eigenvalue weighted by atomic mass is 10.2. The van der Waals surface area contributed by atoms with E-state index in [0.29, 0.717) is 5.94 Å². The molecule has 1 aromatic carbocycles. The molecule has 0 aliphatic rings. The van der Waals surface area contributed by atoms with E-state index in [0.717, 1.165) is 23.6 Å². The number of rotatable bonds is 6. The van der Waals surface area contributed by atoms with E-state index >= 15 is 0 Å². The summed E-state index contributed by atoms with van der Waals surface area (Å²) in [4.78, 5) is 16.1. The number of ether oxygens (including phenoxy) is 1. The number of imidazole rings is 1. The standard InChI is InChI=1S/C13H16N2O2S/c1-2-10-3-5-12(6-4-10)17-9-18-8-11-7-14-13(16)15-11/h3-7H,2,8-9H2,1H3,(H2,14,15,16). The van der Waals surface area contributed by atoms with Crippen LogP contribution in [0.25, 0.3) is 0 Å². The molecule has 1 aromatic heterocycles. The maximum Gasteiger partial charge on any atom is 0.323 e. The zero-order valence-corrected chi connectivity index (χ0v) is 11.0. The molecule has 0 aliphatic carbocycles. The molecule has 2 N–H and O–H groups in total. The van der Waals surface area contributed by atoms with Gasteiger partial charge in [0.1, 0.15) is 11.7 Å². The molecule has 0 radical (unpaired) electrons. The van der Waals surface area contributed by atoms with Gasteiger partial charge >= 0.3 is 5.69 Å². The van der Waals surface area contributed by atoms with Crippen molar-refractivity contribution in [1.29, 1.82) is 0 Å². The Kier molecular flexibility index (Phi) is 4.52. The minimum Gasteiger partial charge on any atom is -0.483 e. The van der Waals surface area contributed by atoms with E-state index in [4.69, 9.17) is 4.74 Å². The zero-order chi connectivity index (χ0) is 12.8. The Bertz CT molecular complexity index is 530. The average Bonchev–Trinajstić information content (AvgIpc) is 2.81. The third-order valence-electron chi connectivity index (χ3n) is 2.55. The number of H-pyrrole nitrogens is 2. The van der Waals surface area contributed by atoms with Crippen LogP contribution in [0.2, 0.25) is 0 Å². The number of hydrogen-bond acceptors (Lipinski definition) is 3. The van der Waals surface area contributed by atoms with Gasteiger partial charge < -0.3 is 14.7 Å². The molecule has 1 heterocycles. The van der Waals surface area contributed by atoms with Gasteiger partial charge in [0.25, 0.3) is 0 Å². The van der Waals surface area contributed by atoms with E-state index in [2.05, 4.69) is 29.0 Å². The van der Waals surface area contributed by atoms with Gasteiger partial charge in [0.05, 0.1) is 0 Å². The summed E-state index contributed by atoms with van der Waals surface area (Å²) in [5.41, 5.74) is 2.02. The van der Waals surface area contributed by atoms with Crippen LogP contribution in [-0.4, -0.2) is 15.9 Å². The lowest BCUT2D eigenvalue weighted by Crippen LogP contribution is -2.01. The molecule has 0 bridgehead atoms. The van der Waals surface area contributed by atoms with Crippen molar-refractivity contribution in [1.82, 2.24) is 9.97 Å². The van der Waals surface area contributed by atoms with Crippen molar-refractivity contribution in [3.63, 3.8) is 0 Å². The Morgan fingerprint density at radius 3 is 2.67 bits per heavy atom. The minimum absolute atomic E-state index is 0.165. The van der Waals surface area contributed by atoms with Crippen molar-refractivity contribution in [3.05, 3.63) is 52.2 Å². The normalized spacial score (nSPS) is 10.5. The van der Waals surface area contributed by atoms with Gasteiger partial charge in [-0.2, -0.15) is 0 Å². The number of aryl methyl sites for hydroxylation is 1. The predicted octanol–water partition coefficient (Wildman–Crippen LogP) is 2.54. The summed E-state index contributed by atoms with van der Waals surface area (Å²) in [6, 6.07) is 8.11. The highest BCUT2D eigenvalue weighted by Gasteiger charge is 1.98. The molecule has 18 heavy (non-hydrogen) atoms. The fourth-order valence-electron chi connectivity index (χ4n) is 1.53. The Labute approximate surface area is 110 Å². The molecule has 0 fully saturated rings. The molecular weight excluding hydrogens is 248 g/mol. The van der Waals surface area contributed by atoms with Crippen LogP contribution in [-0.2, 0) is 12.2 Å². The second-order valence-corrected chi connectivity index (χ2v) is 4.81. The molecule has 5 heteroatoms. The maximum absolute atomic E-state index is 10.9. The summed E-state index contributed by atoms with van der Waals surface area (Å²) >= 11 is 1.61. The predicted molar refractivity (Wildman–Crippen MR) is 74.0 cm³/mol. The molecule has 4 nitrogen and oxygen atoms in total. The van der Waals surface area contributed by atoms with Crippen molar-refractivity contribution in [2.45, 2.75) is 19.1 Å². The molecule has 0 aliphatic heterocycles. The van der Waals surface area contributed by atoms with Gasteiger partial charge in [-0.25, -0.2) is 4.79 Å². The second-order valence-electron chi connectivity index (χ2n) is 3.88. The lowest BCUT2D eigenvalue weighted by Gasteiger charge is -2.05. The van der Waals surface area contributed by atoms with E-state index in [1.54, 1.807) is 18.0 Å². The number of hydrogen-bond donors (Lipinski definition) is 2. The van der Waals surface area contributed by atoms with Crippen LogP contribution < -0.4 is 10.4 Å². The van der Waals surface area contributed by atoms with Crippen molar-refractivity contribution in [2.24, 2.45) is 0 Å². The van der Waals surface area contributed by atoms with Gasteiger partial charge in [0.2, 0.25) is 0 Å². The summed E-state index contributed by atoms with van der Waals surface area (Å²) in [7, 11) is 0. The van der Waals surface area contributed by atoms with Crippen LogP contribution in [0.1, 0.15) is 18.2 Å². The van der Waals surface area contributed by atoms with Gasteiger partial charge in [-0.15, -0.1) is 11.8 Å². The van der Waals surface area contributed by atoms with Crippen molar-refractivity contribution < 1.29 is 4.74 Å². The monoisotopic (exact) mass is 264 g/mol. The molecular formula is C13H16N2O2S. The van der Waals surface area contributed by atoms with Crippen LogP contribution >= 0.6 is 11.8 Å². The first-order valence-corrected chi connectivity index (χ1v) is 6.99. The first-order chi connectivity index (χ1) is 8.78. The fraction of sp³-hybridized carbons (Fsp3) is 0.308. The van der Waals surface area contributed by atoms with Crippen molar-refractivity contribution >= 4 is 11.8 Å². The van der Waals surface area contributed by atoms with Gasteiger partial charge in [0, 0.05) is 17.6 Å². The van der Waals surface area contributed by atoms with Crippen LogP contribution in [0, 0.1) is 0 Å². The first-order valence-electron chi connectivity index (χ1n) is 5.84. The number of aromatic nitrogens is 2. The molecule has 96 valence electrons. The highest BCUT2D eigenvalue weighted by molar-refractivity contribution is 7.98. The molecule has 2 aromatic rings. The van der Waals surface area contributed by atoms with Gasteiger partial charge in [0.15, 0.2) is 0 Å². The van der Waals surface area contributed by atoms with Gasteiger partial charge in [-0.05, 0) is 24.1 Å². The second kappa shape index (κ2) is 6.35. The van der Waals surface area contributed by atoms with E-state index < -0.39 is 0 Å². The van der Waals surface area contributed by atoms with Crippen molar-refractivity contribution in [2.75, 3.05) is 5.94 Å². The summed E-state index contributed by atoms with van der Waals surface area (Å²) < 4.78 is 5.59. The zero-order valence-electron chi connectivity index (χ0n) is 10.2. The van der Waals surface area contributed by atoms with Crippen molar-refractivity contribution in [3.8, 4) is 5.75 Å². The van der Waals surface area contributed by atoms with E-state index in [9.17, 15) is 4.79 Å². The molecule has 0 atom stereocenters. The largest absolute Gasteiger partial charge is 0.483 e. The van der Waals surface area contributed by atoms with Gasteiger partial charge in [-0.3, -0.25) is 0 Å². The Morgan fingerprint density at radius 2 is 2.06 bits per heavy atom. The third-order valence-corrected chi connectivity index (χ3v) is 3.35. The Balaban J connectivity index is 1.73. The van der Waals surface area contributed by atoms with E-state index in [1.807, 2.05) is 12.1 Å². The third kappa shape index (κ3) is 3.70. The quantitative estimate of drug-likeness (QED) is 0.622. The van der Waals surface area contributed by atoms with Crippen LogP contribution in [0.5, 0.6) is 5.75 Å². The molecule has 0 unspecified atom stereocenters. The Hall–Kier alpha value is -1.62. The summed E-state index contributed by atoms with van der Waals surface area (Å²) in [6.45, 7) is 2.13. The average molecular weight is 264 g/mol. The number of nitrogens with one attached hydrogen (secondary N) is 2. The maximum atomic E-state index is 10.9. The SMILES string of the molecule is CCc1ccc(OCSCc2c[nH]c(=O)[nH]2)cc1. The van der Waals surface area contributed by atoms with Crippen LogP contribution in [0.4, 0.5) is 0 Å². The van der Waals surface area contributed by atoms with E-state index in [-0.39, 0.29) is 5.69 Å². The molecule has 0 amide bonds. The smallest absolute Gasteiger partial charge is 0.323 e. The highest BCUT2D eigenvalue weighted by Crippen LogP contribution is 2.15. The molecule has 0 saturated heterocycles. The number of thioether (sulfide) groups is 1. The molecule has 2 rings (SSSR count). The van der Waals surface area contributed by atoms with E-state index in [1.165, 1.54) is 5.56 Å². The minimum atomic E-state index is -0.165. The van der Waals surface area contributed by atoms with Gasteiger partial charge in [-0.1, -0.05) is 19.1 Å². The summed E-state index contributed by atoms with van der Waals surface area (Å²) in [5.74, 6) is 2.17. The lowest BCUT2D eigenvalue weighted by molar-refractivity contribution is 0.392. The number of aromatic amines is 2. The van der Waals surface area contributed by atoms with Crippen LogP contribution in [0.3, 0.4) is 0 Å². The Morgan fingerprint density at radius 1 is 1.28 bits per heavy atom.